The fourth-order valence-electron chi connectivity index (χ4n) is 3.29. The number of thioether (sulfide) groups is 1. The zero-order chi connectivity index (χ0) is 18.7. The number of unbranched alkanes of at least 4 members (excludes halogenated alkanes) is 1. The largest absolute Gasteiger partial charge is 0.342 e. The van der Waals surface area contributed by atoms with Gasteiger partial charge >= 0.3 is 0 Å². The average molecular weight is 394 g/mol. The Bertz CT molecular complexity index is 851. The van der Waals surface area contributed by atoms with Crippen LogP contribution in [0.3, 0.4) is 0 Å². The van der Waals surface area contributed by atoms with E-state index >= 15 is 0 Å². The first-order valence-electron chi connectivity index (χ1n) is 9.44. The van der Waals surface area contributed by atoms with E-state index in [-0.39, 0.29) is 11.5 Å². The van der Waals surface area contributed by atoms with Crippen molar-refractivity contribution in [3.63, 3.8) is 0 Å². The number of fused-ring (bicyclic) bond motifs is 1. The highest BCUT2D eigenvalue weighted by Gasteiger charge is 2.20. The SMILES string of the molecule is CCCCn1c(SCC(=O)N2CCCCC2)nc2sc(C)c(C)c2c1=O. The molecule has 142 valence electrons. The fourth-order valence-corrected chi connectivity index (χ4v) is 5.29. The Balaban J connectivity index is 1.87. The molecule has 26 heavy (non-hydrogen) atoms. The minimum atomic E-state index is 0.0400. The van der Waals surface area contributed by atoms with Crippen molar-refractivity contribution in [1.82, 2.24) is 14.5 Å². The third-order valence-electron chi connectivity index (χ3n) is 5.02. The Morgan fingerprint density at radius 3 is 2.65 bits per heavy atom. The third kappa shape index (κ3) is 3.98. The van der Waals surface area contributed by atoms with Crippen LogP contribution in [-0.2, 0) is 11.3 Å². The van der Waals surface area contributed by atoms with Crippen LogP contribution in [0.2, 0.25) is 0 Å². The highest BCUT2D eigenvalue weighted by molar-refractivity contribution is 7.99. The van der Waals surface area contributed by atoms with E-state index in [9.17, 15) is 9.59 Å². The number of amides is 1. The number of hydrogen-bond donors (Lipinski definition) is 0. The molecule has 1 fully saturated rings. The number of carbonyl (C=O) groups excluding carboxylic acids is 1. The van der Waals surface area contributed by atoms with Gasteiger partial charge in [0.1, 0.15) is 4.83 Å². The number of hydrogen-bond acceptors (Lipinski definition) is 5. The van der Waals surface area contributed by atoms with E-state index in [4.69, 9.17) is 4.98 Å². The minimum absolute atomic E-state index is 0.0400. The number of nitrogens with zero attached hydrogens (tertiary/aromatic N) is 3. The van der Waals surface area contributed by atoms with E-state index in [2.05, 4.69) is 6.92 Å². The first kappa shape index (κ1) is 19.4. The molecule has 1 amide bonds. The fraction of sp³-hybridized carbons (Fsp3) is 0.632. The lowest BCUT2D eigenvalue weighted by atomic mass is 10.1. The maximum atomic E-state index is 13.1. The molecule has 7 heteroatoms. The Hall–Kier alpha value is -1.34. The summed E-state index contributed by atoms with van der Waals surface area (Å²) in [4.78, 5) is 34.2. The molecule has 0 aromatic carbocycles. The maximum Gasteiger partial charge on any atom is 0.263 e. The van der Waals surface area contributed by atoms with Crippen molar-refractivity contribution in [1.29, 1.82) is 0 Å². The average Bonchev–Trinajstić information content (AvgIpc) is 2.94. The van der Waals surface area contributed by atoms with Crippen LogP contribution in [0.25, 0.3) is 10.2 Å². The van der Waals surface area contributed by atoms with Gasteiger partial charge in [0.15, 0.2) is 5.16 Å². The van der Waals surface area contributed by atoms with Crippen LogP contribution in [0.5, 0.6) is 0 Å². The molecule has 0 saturated carbocycles. The highest BCUT2D eigenvalue weighted by Crippen LogP contribution is 2.28. The topological polar surface area (TPSA) is 55.2 Å². The van der Waals surface area contributed by atoms with Crippen LogP contribution in [0.1, 0.15) is 49.5 Å². The summed E-state index contributed by atoms with van der Waals surface area (Å²) in [6.45, 7) is 8.52. The summed E-state index contributed by atoms with van der Waals surface area (Å²) in [5, 5.41) is 1.43. The van der Waals surface area contributed by atoms with Crippen molar-refractivity contribution in [2.45, 2.75) is 64.6 Å². The summed E-state index contributed by atoms with van der Waals surface area (Å²) in [5.41, 5.74) is 1.08. The molecular formula is C19H27N3O2S2. The Kier molecular flexibility index (Phi) is 6.40. The number of rotatable bonds is 6. The standard InChI is InChI=1S/C19H27N3O2S2/c1-4-5-11-22-18(24)16-13(2)14(3)26-17(16)20-19(22)25-12-15(23)21-9-7-6-8-10-21/h4-12H2,1-3H3. The first-order valence-corrected chi connectivity index (χ1v) is 11.2. The lowest BCUT2D eigenvalue weighted by Crippen LogP contribution is -2.37. The summed E-state index contributed by atoms with van der Waals surface area (Å²) in [6, 6.07) is 0. The van der Waals surface area contributed by atoms with Crippen molar-refractivity contribution in [3.8, 4) is 0 Å². The molecule has 0 radical (unpaired) electrons. The van der Waals surface area contributed by atoms with Gasteiger partial charge < -0.3 is 4.90 Å². The van der Waals surface area contributed by atoms with Crippen LogP contribution in [-0.4, -0.2) is 39.2 Å². The summed E-state index contributed by atoms with van der Waals surface area (Å²) in [7, 11) is 0. The van der Waals surface area contributed by atoms with Crippen molar-refractivity contribution < 1.29 is 4.79 Å². The summed E-state index contributed by atoms with van der Waals surface area (Å²) < 4.78 is 1.78. The molecule has 2 aromatic rings. The van der Waals surface area contributed by atoms with Gasteiger partial charge in [-0.1, -0.05) is 25.1 Å². The molecule has 0 aliphatic carbocycles. The predicted molar refractivity (Wildman–Crippen MR) is 109 cm³/mol. The van der Waals surface area contributed by atoms with Crippen LogP contribution < -0.4 is 5.56 Å². The maximum absolute atomic E-state index is 13.1. The second kappa shape index (κ2) is 8.57. The molecule has 1 aliphatic rings. The van der Waals surface area contributed by atoms with Gasteiger partial charge in [-0.3, -0.25) is 14.2 Å². The van der Waals surface area contributed by atoms with Crippen molar-refractivity contribution in [2.75, 3.05) is 18.8 Å². The normalized spacial score (nSPS) is 15.0. The van der Waals surface area contributed by atoms with Gasteiger partial charge in [-0.05, 0) is 45.1 Å². The Morgan fingerprint density at radius 1 is 1.23 bits per heavy atom. The molecule has 1 saturated heterocycles. The highest BCUT2D eigenvalue weighted by atomic mass is 32.2. The van der Waals surface area contributed by atoms with Crippen LogP contribution in [0.15, 0.2) is 9.95 Å². The molecule has 0 bridgehead atoms. The number of piperidine rings is 1. The zero-order valence-electron chi connectivity index (χ0n) is 15.8. The summed E-state index contributed by atoms with van der Waals surface area (Å²) in [5.74, 6) is 0.512. The Labute approximate surface area is 162 Å². The van der Waals surface area contributed by atoms with E-state index < -0.39 is 0 Å². The van der Waals surface area contributed by atoms with Crippen molar-refractivity contribution >= 4 is 39.2 Å². The molecule has 0 atom stereocenters. The molecular weight excluding hydrogens is 366 g/mol. The van der Waals surface area contributed by atoms with Gasteiger partial charge in [-0.25, -0.2) is 4.98 Å². The molecule has 5 nitrogen and oxygen atoms in total. The van der Waals surface area contributed by atoms with Crippen LogP contribution in [0.4, 0.5) is 0 Å². The molecule has 1 aliphatic heterocycles. The monoisotopic (exact) mass is 393 g/mol. The second-order valence-corrected chi connectivity index (χ2v) is 9.04. The number of aryl methyl sites for hydroxylation is 2. The number of carbonyl (C=O) groups is 1. The summed E-state index contributed by atoms with van der Waals surface area (Å²) in [6.07, 6.45) is 5.35. The number of aromatic nitrogens is 2. The second-order valence-electron chi connectivity index (χ2n) is 6.90. The molecule has 0 spiro atoms. The lowest BCUT2D eigenvalue weighted by molar-refractivity contribution is -0.129. The molecule has 0 unspecified atom stereocenters. The quantitative estimate of drug-likeness (QED) is 0.550. The number of likely N-dealkylation sites (tertiary alicyclic amines) is 1. The zero-order valence-corrected chi connectivity index (χ0v) is 17.5. The van der Waals surface area contributed by atoms with Crippen LogP contribution >= 0.6 is 23.1 Å². The summed E-state index contributed by atoms with van der Waals surface area (Å²) >= 11 is 2.98. The van der Waals surface area contributed by atoms with E-state index in [1.807, 2.05) is 18.7 Å². The molecule has 3 rings (SSSR count). The molecule has 2 aromatic heterocycles. The van der Waals surface area contributed by atoms with Gasteiger partial charge in [0, 0.05) is 24.5 Å². The number of thiophene rings is 1. The third-order valence-corrected chi connectivity index (χ3v) is 7.08. The van der Waals surface area contributed by atoms with Gasteiger partial charge in [-0.2, -0.15) is 0 Å². The van der Waals surface area contributed by atoms with E-state index in [1.165, 1.54) is 18.2 Å². The van der Waals surface area contributed by atoms with Gasteiger partial charge in [-0.15, -0.1) is 11.3 Å². The van der Waals surface area contributed by atoms with Gasteiger partial charge in [0.2, 0.25) is 5.91 Å². The molecule has 3 heterocycles. The Morgan fingerprint density at radius 2 is 1.96 bits per heavy atom. The molecule has 0 N–H and O–H groups in total. The predicted octanol–water partition coefficient (Wildman–Crippen LogP) is 3.98. The van der Waals surface area contributed by atoms with E-state index in [1.54, 1.807) is 15.9 Å². The minimum Gasteiger partial charge on any atom is -0.342 e. The van der Waals surface area contributed by atoms with E-state index in [0.717, 1.165) is 59.4 Å². The van der Waals surface area contributed by atoms with Gasteiger partial charge in [0.25, 0.3) is 5.56 Å². The van der Waals surface area contributed by atoms with Crippen molar-refractivity contribution in [3.05, 3.63) is 20.8 Å². The van der Waals surface area contributed by atoms with Crippen molar-refractivity contribution in [2.24, 2.45) is 0 Å². The van der Waals surface area contributed by atoms with Gasteiger partial charge in [0.05, 0.1) is 11.1 Å². The van der Waals surface area contributed by atoms with Crippen LogP contribution in [0, 0.1) is 13.8 Å². The lowest BCUT2D eigenvalue weighted by Gasteiger charge is -2.26. The van der Waals surface area contributed by atoms with E-state index in [0.29, 0.717) is 17.5 Å². The smallest absolute Gasteiger partial charge is 0.263 e. The first-order chi connectivity index (χ1) is 12.5.